The molecule has 7 heteroatoms. The Labute approximate surface area is 219 Å². The Hall–Kier alpha value is -3.48. The first-order chi connectivity index (χ1) is 17.7. The Morgan fingerprint density at radius 3 is 2.27 bits per heavy atom. The van der Waals surface area contributed by atoms with Crippen LogP contribution in [-0.2, 0) is 9.59 Å². The number of benzene rings is 2. The van der Waals surface area contributed by atoms with Gasteiger partial charge in [-0.15, -0.1) is 10.2 Å². The van der Waals surface area contributed by atoms with Gasteiger partial charge in [0.05, 0.1) is 0 Å². The highest BCUT2D eigenvalue weighted by molar-refractivity contribution is 6.35. The van der Waals surface area contributed by atoms with Crippen molar-refractivity contribution in [2.45, 2.75) is 70.8 Å². The third-order valence-corrected chi connectivity index (χ3v) is 7.55. The number of amides is 2. The molecule has 0 N–H and O–H groups in total. The maximum Gasteiger partial charge on any atom is 0.313 e. The van der Waals surface area contributed by atoms with Crippen LogP contribution < -0.4 is 0 Å². The van der Waals surface area contributed by atoms with Crippen LogP contribution in [0.1, 0.15) is 93.7 Å². The molecule has 0 spiro atoms. The number of aromatic nitrogens is 2. The monoisotopic (exact) mass is 502 g/mol. The van der Waals surface area contributed by atoms with Crippen molar-refractivity contribution in [3.63, 3.8) is 0 Å². The van der Waals surface area contributed by atoms with E-state index in [9.17, 15) is 9.59 Å². The van der Waals surface area contributed by atoms with Crippen LogP contribution in [0.3, 0.4) is 0 Å². The summed E-state index contributed by atoms with van der Waals surface area (Å²) in [6.45, 7) is 3.63. The van der Waals surface area contributed by atoms with Gasteiger partial charge in [0.2, 0.25) is 11.8 Å². The topological polar surface area (TPSA) is 79.5 Å². The summed E-state index contributed by atoms with van der Waals surface area (Å²) < 4.78 is 6.38. The summed E-state index contributed by atoms with van der Waals surface area (Å²) in [6.07, 6.45) is 6.25. The summed E-state index contributed by atoms with van der Waals surface area (Å²) in [5, 5.41) is 8.97. The number of carbonyl (C=O) groups is 2. The highest BCUT2D eigenvalue weighted by Crippen LogP contribution is 2.44. The van der Waals surface area contributed by atoms with Crippen LogP contribution in [0.25, 0.3) is 0 Å². The Morgan fingerprint density at radius 1 is 0.892 bits per heavy atom. The highest BCUT2D eigenvalue weighted by atomic mass is 16.4. The fraction of sp³-hybridized carbons (Fsp3) is 0.467. The molecule has 7 nitrogen and oxygen atoms in total. The van der Waals surface area contributed by atoms with E-state index in [2.05, 4.69) is 41.4 Å². The maximum absolute atomic E-state index is 13.3. The molecule has 0 bridgehead atoms. The molecule has 2 amide bonds. The quantitative estimate of drug-likeness (QED) is 0.369. The summed E-state index contributed by atoms with van der Waals surface area (Å²) >= 11 is 0. The Kier molecular flexibility index (Phi) is 8.74. The average molecular weight is 503 g/mol. The number of hydrogen-bond donors (Lipinski definition) is 0. The number of rotatable bonds is 8. The van der Waals surface area contributed by atoms with Crippen molar-refractivity contribution in [3.8, 4) is 0 Å². The molecule has 1 aliphatic heterocycles. The van der Waals surface area contributed by atoms with Crippen LogP contribution in [0.2, 0.25) is 0 Å². The molecular weight excluding hydrogens is 464 g/mol. The maximum atomic E-state index is 13.3. The van der Waals surface area contributed by atoms with Gasteiger partial charge >= 0.3 is 11.8 Å². The molecule has 196 valence electrons. The van der Waals surface area contributed by atoms with Crippen LogP contribution in [0.15, 0.2) is 65.1 Å². The number of unbranched alkanes of at least 4 members (excludes halogenated alkanes) is 1. The van der Waals surface area contributed by atoms with E-state index in [1.54, 1.807) is 9.80 Å². The predicted molar refractivity (Wildman–Crippen MR) is 143 cm³/mol. The van der Waals surface area contributed by atoms with Crippen molar-refractivity contribution >= 4 is 11.8 Å². The van der Waals surface area contributed by atoms with Crippen LogP contribution in [0.4, 0.5) is 0 Å². The molecule has 1 saturated carbocycles. The molecule has 3 unspecified atom stereocenters. The lowest BCUT2D eigenvalue weighted by atomic mass is 9.75. The van der Waals surface area contributed by atoms with E-state index in [4.69, 9.17) is 4.42 Å². The molecule has 3 aromatic rings. The zero-order chi connectivity index (χ0) is 24.9. The average Bonchev–Trinajstić information content (AvgIpc) is 3.41. The lowest BCUT2D eigenvalue weighted by Crippen LogP contribution is -2.55. The van der Waals surface area contributed by atoms with Crippen molar-refractivity contribution in [1.29, 1.82) is 0 Å². The van der Waals surface area contributed by atoms with Crippen molar-refractivity contribution in [1.82, 2.24) is 20.0 Å². The number of piperazine rings is 1. The predicted octanol–water partition coefficient (Wildman–Crippen LogP) is 5.71. The Bertz CT molecular complexity index is 1160. The molecule has 2 fully saturated rings. The first-order valence-electron chi connectivity index (χ1n) is 13.2. The van der Waals surface area contributed by atoms with Crippen molar-refractivity contribution in [2.75, 3.05) is 19.6 Å². The largest absolute Gasteiger partial charge is 0.422 e. The van der Waals surface area contributed by atoms with Gasteiger partial charge in [0.15, 0.2) is 0 Å². The van der Waals surface area contributed by atoms with E-state index in [0.717, 1.165) is 37.7 Å². The molecule has 3 atom stereocenters. The smallest absolute Gasteiger partial charge is 0.313 e. The Morgan fingerprint density at radius 2 is 1.57 bits per heavy atom. The van der Waals surface area contributed by atoms with Gasteiger partial charge < -0.3 is 14.2 Å². The standard InChI is InChI=1S/C29H34N4O3.CH4/c1-2-3-18-32-19-20-33(29(35)28(32)34)25(22-14-8-5-9-15-22)27-31-30-26(36-27)24-17-11-10-16-23(24)21-12-6-4-7-13-21;/h4-9,12-15,23-25H,2-3,10-11,16-20H2,1H3;1H4. The normalized spacial score (nSPS) is 21.0. The molecule has 0 radical (unpaired) electrons. The zero-order valence-electron chi connectivity index (χ0n) is 20.9. The first-order valence-corrected chi connectivity index (χ1v) is 13.2. The van der Waals surface area contributed by atoms with E-state index in [0.29, 0.717) is 37.3 Å². The molecular formula is C30H38N4O3. The molecule has 37 heavy (non-hydrogen) atoms. The van der Waals surface area contributed by atoms with E-state index in [-0.39, 0.29) is 13.3 Å². The van der Waals surface area contributed by atoms with Crippen LogP contribution in [-0.4, -0.2) is 51.4 Å². The minimum Gasteiger partial charge on any atom is -0.422 e. The summed E-state index contributed by atoms with van der Waals surface area (Å²) in [4.78, 5) is 29.5. The van der Waals surface area contributed by atoms with Gasteiger partial charge in [-0.1, -0.05) is 94.3 Å². The second-order valence-corrected chi connectivity index (χ2v) is 9.84. The Balaban J connectivity index is 0.00000320. The number of nitrogens with zero attached hydrogens (tertiary/aromatic N) is 4. The van der Waals surface area contributed by atoms with E-state index in [1.807, 2.05) is 36.4 Å². The van der Waals surface area contributed by atoms with Gasteiger partial charge in [-0.05, 0) is 36.3 Å². The molecule has 1 aromatic heterocycles. The van der Waals surface area contributed by atoms with E-state index in [1.165, 1.54) is 12.0 Å². The fourth-order valence-corrected chi connectivity index (χ4v) is 5.62. The minimum absolute atomic E-state index is 0. The molecule has 2 aliphatic rings. The summed E-state index contributed by atoms with van der Waals surface area (Å²) in [6, 6.07) is 19.6. The minimum atomic E-state index is -0.587. The number of carbonyl (C=O) groups excluding carboxylic acids is 2. The second-order valence-electron chi connectivity index (χ2n) is 9.84. The van der Waals surface area contributed by atoms with Crippen LogP contribution in [0.5, 0.6) is 0 Å². The van der Waals surface area contributed by atoms with Crippen molar-refractivity contribution < 1.29 is 14.0 Å². The summed E-state index contributed by atoms with van der Waals surface area (Å²) in [5.74, 6) is 0.505. The van der Waals surface area contributed by atoms with Crippen molar-refractivity contribution in [3.05, 3.63) is 83.6 Å². The fourth-order valence-electron chi connectivity index (χ4n) is 5.62. The molecule has 2 heterocycles. The molecule has 2 aromatic carbocycles. The summed E-state index contributed by atoms with van der Waals surface area (Å²) in [7, 11) is 0. The van der Waals surface area contributed by atoms with Gasteiger partial charge in [0.1, 0.15) is 6.04 Å². The van der Waals surface area contributed by atoms with Gasteiger partial charge in [-0.25, -0.2) is 0 Å². The third kappa shape index (κ3) is 5.60. The number of hydrogen-bond acceptors (Lipinski definition) is 5. The summed E-state index contributed by atoms with van der Waals surface area (Å²) in [5.41, 5.74) is 2.16. The van der Waals surface area contributed by atoms with E-state index >= 15 is 0 Å². The van der Waals surface area contributed by atoms with Gasteiger partial charge in [0.25, 0.3) is 0 Å². The van der Waals surface area contributed by atoms with Gasteiger partial charge in [0, 0.05) is 25.6 Å². The SMILES string of the molecule is C.CCCCN1CCN(C(c2ccccc2)c2nnc(C3CCCCC3c3ccccc3)o2)C(=O)C1=O. The molecule has 1 saturated heterocycles. The third-order valence-electron chi connectivity index (χ3n) is 7.55. The first kappa shape index (κ1) is 26.6. The lowest BCUT2D eigenvalue weighted by molar-refractivity contribution is -0.157. The van der Waals surface area contributed by atoms with Crippen LogP contribution >= 0.6 is 0 Å². The molecule has 5 rings (SSSR count). The highest BCUT2D eigenvalue weighted by Gasteiger charge is 2.40. The van der Waals surface area contributed by atoms with Gasteiger partial charge in [-0.3, -0.25) is 9.59 Å². The zero-order valence-corrected chi connectivity index (χ0v) is 20.9. The van der Waals surface area contributed by atoms with Crippen molar-refractivity contribution in [2.24, 2.45) is 0 Å². The second kappa shape index (κ2) is 12.2. The van der Waals surface area contributed by atoms with Gasteiger partial charge in [-0.2, -0.15) is 0 Å². The lowest BCUT2D eigenvalue weighted by Gasteiger charge is -2.37. The molecule has 1 aliphatic carbocycles. The van der Waals surface area contributed by atoms with E-state index < -0.39 is 17.9 Å². The van der Waals surface area contributed by atoms with Crippen LogP contribution in [0, 0.1) is 0 Å².